The molecule has 1 aliphatic heterocycles. The Labute approximate surface area is 167 Å². The van der Waals surface area contributed by atoms with Crippen molar-refractivity contribution in [3.05, 3.63) is 54.1 Å². The van der Waals surface area contributed by atoms with E-state index in [9.17, 15) is 4.79 Å². The number of rotatable bonds is 7. The average molecular weight is 383 g/mol. The van der Waals surface area contributed by atoms with Crippen molar-refractivity contribution in [2.45, 2.75) is 32.7 Å². The maximum absolute atomic E-state index is 12.6. The first kappa shape index (κ1) is 20.1. The highest BCUT2D eigenvalue weighted by Gasteiger charge is 2.26. The number of hydrogen-bond acceptors (Lipinski definition) is 4. The number of nitrogens with zero attached hydrogens (tertiary/aromatic N) is 1. The zero-order valence-corrected chi connectivity index (χ0v) is 17.0. The number of benzene rings is 2. The molecule has 1 heterocycles. The van der Waals surface area contributed by atoms with Crippen LogP contribution in [-0.2, 0) is 4.79 Å². The molecular formula is C23H30N2O3. The van der Waals surface area contributed by atoms with Crippen molar-refractivity contribution in [3.63, 3.8) is 0 Å². The molecule has 0 aliphatic carbocycles. The Morgan fingerprint density at radius 3 is 2.29 bits per heavy atom. The molecule has 1 aliphatic rings. The first-order chi connectivity index (χ1) is 13.5. The van der Waals surface area contributed by atoms with Crippen LogP contribution in [0.4, 0.5) is 5.69 Å². The lowest BCUT2D eigenvalue weighted by molar-refractivity contribution is -0.126. The Balaban J connectivity index is 1.41. The standard InChI is InChI=1S/C23H30N2O3/c1-17-4-6-20(7-5-17)25-14-12-19(13-15-25)23(26)24-18(2)16-28-22-10-8-21(27-3)9-11-22/h4-11,18-19H,12-16H2,1-3H3,(H,24,26)/t18-/m0/s1. The highest BCUT2D eigenvalue weighted by atomic mass is 16.5. The number of carbonyl (C=O) groups excluding carboxylic acids is 1. The molecule has 5 heteroatoms. The Bertz CT molecular complexity index is 750. The van der Waals surface area contributed by atoms with Gasteiger partial charge in [-0.05, 0) is 63.1 Å². The highest BCUT2D eigenvalue weighted by Crippen LogP contribution is 2.24. The summed E-state index contributed by atoms with van der Waals surface area (Å²) in [6, 6.07) is 16.0. The van der Waals surface area contributed by atoms with Gasteiger partial charge in [-0.2, -0.15) is 0 Å². The minimum absolute atomic E-state index is 0.0373. The van der Waals surface area contributed by atoms with Crippen LogP contribution in [-0.4, -0.2) is 38.8 Å². The number of aryl methyl sites for hydroxylation is 1. The number of hydrogen-bond donors (Lipinski definition) is 1. The third-order valence-electron chi connectivity index (χ3n) is 5.21. The lowest BCUT2D eigenvalue weighted by atomic mass is 9.95. The van der Waals surface area contributed by atoms with Gasteiger partial charge in [-0.3, -0.25) is 4.79 Å². The molecule has 1 saturated heterocycles. The largest absolute Gasteiger partial charge is 0.497 e. The Morgan fingerprint density at radius 1 is 1.07 bits per heavy atom. The van der Waals surface area contributed by atoms with Crippen molar-refractivity contribution in [1.29, 1.82) is 0 Å². The number of nitrogens with one attached hydrogen (secondary N) is 1. The van der Waals surface area contributed by atoms with E-state index in [1.54, 1.807) is 7.11 Å². The van der Waals surface area contributed by atoms with Crippen LogP contribution >= 0.6 is 0 Å². The topological polar surface area (TPSA) is 50.8 Å². The fraction of sp³-hybridized carbons (Fsp3) is 0.435. The van der Waals surface area contributed by atoms with Gasteiger partial charge < -0.3 is 19.7 Å². The van der Waals surface area contributed by atoms with Gasteiger partial charge in [-0.1, -0.05) is 17.7 Å². The summed E-state index contributed by atoms with van der Waals surface area (Å²) in [7, 11) is 1.64. The van der Waals surface area contributed by atoms with Crippen molar-refractivity contribution < 1.29 is 14.3 Å². The van der Waals surface area contributed by atoms with Crippen molar-refractivity contribution in [1.82, 2.24) is 5.32 Å². The molecule has 28 heavy (non-hydrogen) atoms. The highest BCUT2D eigenvalue weighted by molar-refractivity contribution is 5.79. The molecule has 0 spiro atoms. The maximum Gasteiger partial charge on any atom is 0.223 e. The minimum Gasteiger partial charge on any atom is -0.497 e. The van der Waals surface area contributed by atoms with Gasteiger partial charge in [-0.15, -0.1) is 0 Å². The summed E-state index contributed by atoms with van der Waals surface area (Å²) in [4.78, 5) is 15.0. The van der Waals surface area contributed by atoms with E-state index >= 15 is 0 Å². The molecule has 1 N–H and O–H groups in total. The van der Waals surface area contributed by atoms with E-state index in [1.807, 2.05) is 31.2 Å². The summed E-state index contributed by atoms with van der Waals surface area (Å²) in [6.45, 7) is 6.35. The molecule has 2 aromatic carbocycles. The molecule has 1 amide bonds. The molecule has 0 aromatic heterocycles. The Hall–Kier alpha value is -2.69. The Morgan fingerprint density at radius 2 is 1.68 bits per heavy atom. The number of anilines is 1. The van der Waals surface area contributed by atoms with E-state index in [0.29, 0.717) is 6.61 Å². The van der Waals surface area contributed by atoms with Crippen LogP contribution in [0.15, 0.2) is 48.5 Å². The third kappa shape index (κ3) is 5.41. The van der Waals surface area contributed by atoms with Crippen molar-refractivity contribution in [2.75, 3.05) is 31.7 Å². The number of amides is 1. The second kappa shape index (κ2) is 9.49. The number of carbonyl (C=O) groups is 1. The monoisotopic (exact) mass is 382 g/mol. The van der Waals surface area contributed by atoms with Gasteiger partial charge in [0.1, 0.15) is 18.1 Å². The fourth-order valence-electron chi connectivity index (χ4n) is 3.45. The summed E-state index contributed by atoms with van der Waals surface area (Å²) >= 11 is 0. The molecule has 3 rings (SSSR count). The zero-order valence-electron chi connectivity index (χ0n) is 17.0. The SMILES string of the molecule is COc1ccc(OC[C@H](C)NC(=O)C2CCN(c3ccc(C)cc3)CC2)cc1. The van der Waals surface area contributed by atoms with Gasteiger partial charge in [0.2, 0.25) is 5.91 Å². The predicted octanol–water partition coefficient (Wildman–Crippen LogP) is 3.80. The number of methoxy groups -OCH3 is 1. The average Bonchev–Trinajstić information content (AvgIpc) is 2.73. The summed E-state index contributed by atoms with van der Waals surface area (Å²) in [5, 5.41) is 3.10. The molecule has 5 nitrogen and oxygen atoms in total. The molecule has 0 radical (unpaired) electrons. The van der Waals surface area contributed by atoms with Gasteiger partial charge in [-0.25, -0.2) is 0 Å². The van der Waals surface area contributed by atoms with Gasteiger partial charge in [0, 0.05) is 24.7 Å². The van der Waals surface area contributed by atoms with Crippen LogP contribution in [0, 0.1) is 12.8 Å². The summed E-state index contributed by atoms with van der Waals surface area (Å²) in [5.74, 6) is 1.78. The smallest absolute Gasteiger partial charge is 0.223 e. The van der Waals surface area contributed by atoms with E-state index < -0.39 is 0 Å². The maximum atomic E-state index is 12.6. The van der Waals surface area contributed by atoms with E-state index in [-0.39, 0.29) is 17.9 Å². The predicted molar refractivity (Wildman–Crippen MR) is 112 cm³/mol. The summed E-state index contributed by atoms with van der Waals surface area (Å²) in [6.07, 6.45) is 1.76. The van der Waals surface area contributed by atoms with E-state index in [4.69, 9.17) is 9.47 Å². The van der Waals surface area contributed by atoms with Crippen molar-refractivity contribution in [3.8, 4) is 11.5 Å². The van der Waals surface area contributed by atoms with Gasteiger partial charge in [0.05, 0.1) is 13.2 Å². The molecule has 2 aromatic rings. The van der Waals surface area contributed by atoms with Gasteiger partial charge >= 0.3 is 0 Å². The van der Waals surface area contributed by atoms with E-state index in [2.05, 4.69) is 41.4 Å². The first-order valence-corrected chi connectivity index (χ1v) is 9.94. The van der Waals surface area contributed by atoms with Crippen LogP contribution < -0.4 is 19.7 Å². The molecule has 0 saturated carbocycles. The lowest BCUT2D eigenvalue weighted by Crippen LogP contribution is -2.44. The summed E-state index contributed by atoms with van der Waals surface area (Å²) < 4.78 is 10.9. The van der Waals surface area contributed by atoms with Crippen LogP contribution in [0.5, 0.6) is 11.5 Å². The molecule has 1 fully saturated rings. The minimum atomic E-state index is -0.0373. The third-order valence-corrected chi connectivity index (χ3v) is 5.21. The first-order valence-electron chi connectivity index (χ1n) is 9.94. The molecule has 1 atom stereocenters. The van der Waals surface area contributed by atoms with E-state index in [0.717, 1.165) is 37.4 Å². The lowest BCUT2D eigenvalue weighted by Gasteiger charge is -2.33. The normalized spacial score (nSPS) is 15.8. The van der Waals surface area contributed by atoms with Gasteiger partial charge in [0.25, 0.3) is 0 Å². The fourth-order valence-corrected chi connectivity index (χ4v) is 3.45. The number of piperidine rings is 1. The second-order valence-electron chi connectivity index (χ2n) is 7.49. The van der Waals surface area contributed by atoms with Crippen LogP contribution in [0.25, 0.3) is 0 Å². The van der Waals surface area contributed by atoms with Crippen molar-refractivity contribution >= 4 is 11.6 Å². The zero-order chi connectivity index (χ0) is 19.9. The molecular weight excluding hydrogens is 352 g/mol. The summed E-state index contributed by atoms with van der Waals surface area (Å²) in [5.41, 5.74) is 2.51. The van der Waals surface area contributed by atoms with Crippen LogP contribution in [0.1, 0.15) is 25.3 Å². The molecule has 0 unspecified atom stereocenters. The second-order valence-corrected chi connectivity index (χ2v) is 7.49. The van der Waals surface area contributed by atoms with Crippen molar-refractivity contribution in [2.24, 2.45) is 5.92 Å². The van der Waals surface area contributed by atoms with Gasteiger partial charge in [0.15, 0.2) is 0 Å². The Kier molecular flexibility index (Phi) is 6.80. The molecule has 150 valence electrons. The van der Waals surface area contributed by atoms with E-state index in [1.165, 1.54) is 11.3 Å². The molecule has 0 bridgehead atoms. The van der Waals surface area contributed by atoms with Crippen LogP contribution in [0.2, 0.25) is 0 Å². The van der Waals surface area contributed by atoms with Crippen LogP contribution in [0.3, 0.4) is 0 Å². The number of ether oxygens (including phenoxy) is 2. The quantitative estimate of drug-likeness (QED) is 0.791.